The van der Waals surface area contributed by atoms with Gasteiger partial charge in [0.25, 0.3) is 0 Å². The van der Waals surface area contributed by atoms with E-state index in [0.717, 1.165) is 12.1 Å². The number of ether oxygens (including phenoxy) is 2. The van der Waals surface area contributed by atoms with Gasteiger partial charge in [-0.2, -0.15) is 0 Å². The minimum Gasteiger partial charge on any atom is -0.497 e. The zero-order valence-corrected chi connectivity index (χ0v) is 12.9. The second kappa shape index (κ2) is 6.28. The molecular weight excluding hydrogens is 369 g/mol. The molecule has 2 aromatic carbocycles. The zero-order valence-electron chi connectivity index (χ0n) is 10.6. The first kappa shape index (κ1) is 15.5. The Morgan fingerprint density at radius 3 is 2.57 bits per heavy atom. The van der Waals surface area contributed by atoms with E-state index in [0.29, 0.717) is 16.0 Å². The molecule has 0 bridgehead atoms. The van der Waals surface area contributed by atoms with Crippen LogP contribution >= 0.6 is 27.5 Å². The van der Waals surface area contributed by atoms with E-state index in [4.69, 9.17) is 21.1 Å². The molecule has 8 heteroatoms. The molecule has 0 aliphatic rings. The molecule has 0 spiro atoms. The normalized spacial score (nSPS) is 10.3. The molecular formula is C13H8BrClFNO4. The van der Waals surface area contributed by atoms with Crippen molar-refractivity contribution in [3.8, 4) is 17.2 Å². The highest BCUT2D eigenvalue weighted by Crippen LogP contribution is 2.38. The van der Waals surface area contributed by atoms with Gasteiger partial charge >= 0.3 is 5.69 Å². The van der Waals surface area contributed by atoms with Crippen molar-refractivity contribution in [3.05, 3.63) is 55.8 Å². The summed E-state index contributed by atoms with van der Waals surface area (Å²) in [6.07, 6.45) is 0. The maximum atomic E-state index is 13.3. The average molecular weight is 377 g/mol. The predicted molar refractivity (Wildman–Crippen MR) is 78.8 cm³/mol. The third kappa shape index (κ3) is 3.43. The van der Waals surface area contributed by atoms with Gasteiger partial charge in [0.05, 0.1) is 27.6 Å². The van der Waals surface area contributed by atoms with Gasteiger partial charge in [-0.15, -0.1) is 0 Å². The molecule has 0 radical (unpaired) electrons. The van der Waals surface area contributed by atoms with E-state index >= 15 is 0 Å². The monoisotopic (exact) mass is 375 g/mol. The summed E-state index contributed by atoms with van der Waals surface area (Å²) in [6.45, 7) is 0. The molecule has 0 amide bonds. The number of hydrogen-bond acceptors (Lipinski definition) is 4. The van der Waals surface area contributed by atoms with Crippen LogP contribution in [0, 0.1) is 15.9 Å². The minimum atomic E-state index is -0.885. The highest BCUT2D eigenvalue weighted by atomic mass is 79.9. The number of nitro benzene ring substituents is 1. The molecule has 0 saturated heterocycles. The molecule has 0 aromatic heterocycles. The number of halogens is 3. The molecule has 0 heterocycles. The molecule has 0 N–H and O–H groups in total. The summed E-state index contributed by atoms with van der Waals surface area (Å²) in [4.78, 5) is 10.2. The van der Waals surface area contributed by atoms with E-state index in [1.54, 1.807) is 18.2 Å². The highest BCUT2D eigenvalue weighted by molar-refractivity contribution is 9.10. The first-order chi connectivity index (χ1) is 9.92. The van der Waals surface area contributed by atoms with Gasteiger partial charge in [-0.25, -0.2) is 4.39 Å². The van der Waals surface area contributed by atoms with E-state index < -0.39 is 16.4 Å². The summed E-state index contributed by atoms with van der Waals surface area (Å²) >= 11 is 8.89. The largest absolute Gasteiger partial charge is 0.497 e. The van der Waals surface area contributed by atoms with Crippen molar-refractivity contribution in [3.63, 3.8) is 0 Å². The molecule has 21 heavy (non-hydrogen) atoms. The maximum Gasteiger partial charge on any atom is 0.314 e. The average Bonchev–Trinajstić information content (AvgIpc) is 2.44. The molecule has 0 atom stereocenters. The molecule has 0 aliphatic carbocycles. The summed E-state index contributed by atoms with van der Waals surface area (Å²) in [7, 11) is 1.51. The molecule has 0 unspecified atom stereocenters. The van der Waals surface area contributed by atoms with Gasteiger partial charge in [-0.05, 0) is 34.1 Å². The summed E-state index contributed by atoms with van der Waals surface area (Å²) in [5, 5.41) is 10.7. The number of nitro groups is 1. The van der Waals surface area contributed by atoms with E-state index in [1.165, 1.54) is 7.11 Å². The Hall–Kier alpha value is -1.86. The summed E-state index contributed by atoms with van der Waals surface area (Å²) in [5.41, 5.74) is -0.514. The van der Waals surface area contributed by atoms with E-state index in [-0.39, 0.29) is 10.8 Å². The fraction of sp³-hybridized carbons (Fsp3) is 0.0769. The van der Waals surface area contributed by atoms with Crippen LogP contribution in [0.1, 0.15) is 0 Å². The number of benzene rings is 2. The van der Waals surface area contributed by atoms with Gasteiger partial charge in [0, 0.05) is 6.07 Å². The summed E-state index contributed by atoms with van der Waals surface area (Å²) in [5.74, 6) is -0.149. The van der Waals surface area contributed by atoms with Crippen LogP contribution in [0.2, 0.25) is 5.02 Å². The lowest BCUT2D eigenvalue weighted by atomic mass is 10.2. The Morgan fingerprint density at radius 2 is 2.00 bits per heavy atom. The van der Waals surface area contributed by atoms with Crippen LogP contribution in [-0.2, 0) is 0 Å². The first-order valence-electron chi connectivity index (χ1n) is 5.57. The third-order valence-electron chi connectivity index (χ3n) is 2.56. The molecule has 0 saturated carbocycles. The van der Waals surface area contributed by atoms with Crippen molar-refractivity contribution in [2.75, 3.05) is 7.11 Å². The van der Waals surface area contributed by atoms with Crippen molar-refractivity contribution in [1.29, 1.82) is 0 Å². The van der Waals surface area contributed by atoms with Crippen molar-refractivity contribution >= 4 is 33.2 Å². The lowest BCUT2D eigenvalue weighted by molar-refractivity contribution is -0.385. The molecule has 0 fully saturated rings. The maximum absolute atomic E-state index is 13.3. The smallest absolute Gasteiger partial charge is 0.314 e. The molecule has 2 rings (SSSR count). The summed E-state index contributed by atoms with van der Waals surface area (Å²) < 4.78 is 24.3. The van der Waals surface area contributed by atoms with E-state index in [1.807, 2.05) is 0 Å². The fourth-order valence-electron chi connectivity index (χ4n) is 1.55. The van der Waals surface area contributed by atoms with Gasteiger partial charge in [-0.3, -0.25) is 10.1 Å². The molecule has 5 nitrogen and oxygen atoms in total. The van der Waals surface area contributed by atoms with Crippen LogP contribution in [0.3, 0.4) is 0 Å². The van der Waals surface area contributed by atoms with Gasteiger partial charge in [0.15, 0.2) is 0 Å². The van der Waals surface area contributed by atoms with Crippen LogP contribution in [0.4, 0.5) is 10.1 Å². The minimum absolute atomic E-state index is 0.155. The van der Waals surface area contributed by atoms with Crippen LogP contribution in [0.15, 0.2) is 34.8 Å². The second-order valence-corrected chi connectivity index (χ2v) is 5.15. The van der Waals surface area contributed by atoms with Gasteiger partial charge < -0.3 is 9.47 Å². The zero-order chi connectivity index (χ0) is 15.6. The predicted octanol–water partition coefficient (Wildman–Crippen LogP) is 4.95. The van der Waals surface area contributed by atoms with Crippen LogP contribution in [0.5, 0.6) is 17.2 Å². The standard InChI is InChI=1S/C13H8BrClFNO4/c1-20-7-2-3-12(8(14)4-7)21-13-5-9(15)10(16)6-11(13)17(18)19/h2-6H,1H3. The number of hydrogen-bond donors (Lipinski definition) is 0. The SMILES string of the molecule is COc1ccc(Oc2cc(Cl)c(F)cc2[N+](=O)[O-])c(Br)c1. The molecule has 2 aromatic rings. The van der Waals surface area contributed by atoms with Gasteiger partial charge in [-0.1, -0.05) is 11.6 Å². The Balaban J connectivity index is 2.43. The molecule has 110 valence electrons. The highest BCUT2D eigenvalue weighted by Gasteiger charge is 2.20. The van der Waals surface area contributed by atoms with Crippen molar-refractivity contribution in [2.45, 2.75) is 0 Å². The Bertz CT molecular complexity index is 711. The van der Waals surface area contributed by atoms with E-state index in [2.05, 4.69) is 15.9 Å². The Morgan fingerprint density at radius 1 is 1.29 bits per heavy atom. The molecule has 0 aliphatic heterocycles. The van der Waals surface area contributed by atoms with Crippen molar-refractivity contribution < 1.29 is 18.8 Å². The van der Waals surface area contributed by atoms with E-state index in [9.17, 15) is 14.5 Å². The number of nitrogens with zero attached hydrogens (tertiary/aromatic N) is 1. The number of rotatable bonds is 4. The van der Waals surface area contributed by atoms with Gasteiger partial charge in [0.1, 0.15) is 17.3 Å². The lowest BCUT2D eigenvalue weighted by Gasteiger charge is -2.10. The summed E-state index contributed by atoms with van der Waals surface area (Å²) in [6, 6.07) is 6.59. The van der Waals surface area contributed by atoms with Crippen LogP contribution < -0.4 is 9.47 Å². The first-order valence-corrected chi connectivity index (χ1v) is 6.74. The van der Waals surface area contributed by atoms with Crippen LogP contribution in [-0.4, -0.2) is 12.0 Å². The Labute approximate surface area is 132 Å². The number of methoxy groups -OCH3 is 1. The third-order valence-corrected chi connectivity index (χ3v) is 3.47. The topological polar surface area (TPSA) is 61.6 Å². The second-order valence-electron chi connectivity index (χ2n) is 3.89. The lowest BCUT2D eigenvalue weighted by Crippen LogP contribution is -1.96. The Kier molecular flexibility index (Phi) is 4.64. The van der Waals surface area contributed by atoms with Gasteiger partial charge in [0.2, 0.25) is 5.75 Å². The van der Waals surface area contributed by atoms with Crippen LogP contribution in [0.25, 0.3) is 0 Å². The fourth-order valence-corrected chi connectivity index (χ4v) is 2.14. The van der Waals surface area contributed by atoms with Crippen molar-refractivity contribution in [2.24, 2.45) is 0 Å². The quantitative estimate of drug-likeness (QED) is 0.559. The van der Waals surface area contributed by atoms with Crippen molar-refractivity contribution in [1.82, 2.24) is 0 Å².